The zero-order valence-corrected chi connectivity index (χ0v) is 5.82. The van der Waals surface area contributed by atoms with Gasteiger partial charge in [0.2, 0.25) is 0 Å². The quantitative estimate of drug-likeness (QED) is 0.333. The van der Waals surface area contributed by atoms with Crippen molar-refractivity contribution in [2.24, 2.45) is 0 Å². The van der Waals surface area contributed by atoms with E-state index in [0.717, 1.165) is 5.75 Å². The minimum absolute atomic E-state index is 0.668. The summed E-state index contributed by atoms with van der Waals surface area (Å²) < 4.78 is 4.90. The normalized spacial score (nSPS) is 9.75. The molecule has 1 N–H and O–H groups in total. The lowest BCUT2D eigenvalue weighted by Crippen LogP contribution is -1.93. The van der Waals surface area contributed by atoms with Gasteiger partial charge < -0.3 is 10.1 Å². The Bertz CT molecular complexity index is 65.4. The molecule has 0 bridgehead atoms. The van der Waals surface area contributed by atoms with Crippen LogP contribution in [0.2, 0.25) is 0 Å². The van der Waals surface area contributed by atoms with E-state index in [-0.39, 0.29) is 0 Å². The Kier molecular flexibility index (Phi) is 6.43. The smallest absolute Gasteiger partial charge is 0.0985 e. The summed E-state index contributed by atoms with van der Waals surface area (Å²) in [5.41, 5.74) is 0. The Morgan fingerprint density at radius 3 is 3.00 bits per heavy atom. The first kappa shape index (κ1) is 7.69. The van der Waals surface area contributed by atoms with E-state index in [1.807, 2.05) is 7.05 Å². The van der Waals surface area contributed by atoms with Crippen LogP contribution in [0.1, 0.15) is 0 Å². The molecule has 3 heteroatoms. The predicted octanol–water partition coefficient (Wildman–Crippen LogP) is 0.623. The van der Waals surface area contributed by atoms with Gasteiger partial charge in [0.15, 0.2) is 0 Å². The van der Waals surface area contributed by atoms with Crippen LogP contribution in [0.5, 0.6) is 0 Å². The number of nitrogens with one attached hydrogen (secondary N) is 1. The molecule has 0 aromatic carbocycles. The standard InChI is InChI=1S/C5H11NOS/c1-6-2-3-7-4-5-8/h2-3,6,8H,4-5H2,1H3. The van der Waals surface area contributed by atoms with E-state index in [0.29, 0.717) is 6.61 Å². The summed E-state index contributed by atoms with van der Waals surface area (Å²) in [5, 5.41) is 2.80. The SMILES string of the molecule is CNC=COCCS. The van der Waals surface area contributed by atoms with Crippen molar-refractivity contribution in [3.05, 3.63) is 12.5 Å². The average Bonchev–Trinajstić information content (AvgIpc) is 1.81. The van der Waals surface area contributed by atoms with Gasteiger partial charge >= 0.3 is 0 Å². The number of thiol groups is 1. The fourth-order valence-corrected chi connectivity index (χ4v) is 0.342. The van der Waals surface area contributed by atoms with Crippen LogP contribution in [-0.4, -0.2) is 19.4 Å². The van der Waals surface area contributed by atoms with Crippen molar-refractivity contribution in [2.75, 3.05) is 19.4 Å². The van der Waals surface area contributed by atoms with E-state index in [1.165, 1.54) is 0 Å². The van der Waals surface area contributed by atoms with Gasteiger partial charge in [0.25, 0.3) is 0 Å². The second kappa shape index (κ2) is 6.69. The van der Waals surface area contributed by atoms with Gasteiger partial charge in [-0.15, -0.1) is 0 Å². The molecule has 0 fully saturated rings. The fraction of sp³-hybridized carbons (Fsp3) is 0.600. The van der Waals surface area contributed by atoms with Crippen LogP contribution in [-0.2, 0) is 4.74 Å². The molecule has 0 saturated carbocycles. The van der Waals surface area contributed by atoms with Crippen LogP contribution in [0, 0.1) is 0 Å². The zero-order chi connectivity index (χ0) is 6.24. The largest absolute Gasteiger partial charge is 0.499 e. The van der Waals surface area contributed by atoms with Crippen molar-refractivity contribution in [3.63, 3.8) is 0 Å². The van der Waals surface area contributed by atoms with Crippen molar-refractivity contribution in [3.8, 4) is 0 Å². The molecule has 0 aromatic heterocycles. The van der Waals surface area contributed by atoms with Crippen LogP contribution >= 0.6 is 12.6 Å². The molecular weight excluding hydrogens is 122 g/mol. The van der Waals surface area contributed by atoms with Crippen molar-refractivity contribution in [2.45, 2.75) is 0 Å². The molecule has 0 rings (SSSR count). The van der Waals surface area contributed by atoms with Crippen LogP contribution in [0.25, 0.3) is 0 Å². The van der Waals surface area contributed by atoms with Gasteiger partial charge in [-0.05, 0) is 0 Å². The van der Waals surface area contributed by atoms with E-state index in [9.17, 15) is 0 Å². The summed E-state index contributed by atoms with van der Waals surface area (Å²) in [6, 6.07) is 0. The summed E-state index contributed by atoms with van der Waals surface area (Å²) in [5.74, 6) is 0.758. The summed E-state index contributed by atoms with van der Waals surface area (Å²) in [7, 11) is 1.82. The minimum Gasteiger partial charge on any atom is -0.499 e. The molecule has 0 aromatic rings. The maximum atomic E-state index is 4.90. The first-order valence-electron chi connectivity index (χ1n) is 2.46. The van der Waals surface area contributed by atoms with Crippen LogP contribution in [0.3, 0.4) is 0 Å². The first-order valence-corrected chi connectivity index (χ1v) is 3.10. The van der Waals surface area contributed by atoms with E-state index in [2.05, 4.69) is 17.9 Å². The number of hydrogen-bond acceptors (Lipinski definition) is 3. The molecular formula is C5H11NOS. The van der Waals surface area contributed by atoms with Gasteiger partial charge in [0.1, 0.15) is 0 Å². The lowest BCUT2D eigenvalue weighted by molar-refractivity contribution is 0.271. The third-order valence-corrected chi connectivity index (χ3v) is 0.723. The third-order valence-electron chi connectivity index (χ3n) is 0.540. The monoisotopic (exact) mass is 133 g/mol. The first-order chi connectivity index (χ1) is 3.91. The Morgan fingerprint density at radius 1 is 1.75 bits per heavy atom. The molecule has 2 nitrogen and oxygen atoms in total. The molecule has 8 heavy (non-hydrogen) atoms. The van der Waals surface area contributed by atoms with Gasteiger partial charge in [0, 0.05) is 19.0 Å². The Morgan fingerprint density at radius 2 is 2.50 bits per heavy atom. The lowest BCUT2D eigenvalue weighted by atomic mass is 10.8. The molecule has 0 spiro atoms. The molecule has 0 heterocycles. The van der Waals surface area contributed by atoms with E-state index in [1.54, 1.807) is 12.5 Å². The van der Waals surface area contributed by atoms with Crippen LogP contribution in [0.4, 0.5) is 0 Å². The Labute approximate surface area is 55.3 Å². The van der Waals surface area contributed by atoms with Gasteiger partial charge in [-0.3, -0.25) is 0 Å². The topological polar surface area (TPSA) is 21.3 Å². The Hall–Kier alpha value is -0.310. The predicted molar refractivity (Wildman–Crippen MR) is 38.0 cm³/mol. The van der Waals surface area contributed by atoms with Crippen molar-refractivity contribution >= 4 is 12.6 Å². The highest BCUT2D eigenvalue weighted by Crippen LogP contribution is 1.77. The van der Waals surface area contributed by atoms with Gasteiger partial charge in [-0.2, -0.15) is 12.6 Å². The third kappa shape index (κ3) is 5.69. The van der Waals surface area contributed by atoms with Crippen molar-refractivity contribution in [1.82, 2.24) is 5.32 Å². The molecule has 48 valence electrons. The van der Waals surface area contributed by atoms with E-state index < -0.39 is 0 Å². The van der Waals surface area contributed by atoms with Crippen LogP contribution in [0.15, 0.2) is 12.5 Å². The van der Waals surface area contributed by atoms with Crippen LogP contribution < -0.4 is 5.32 Å². The second-order valence-electron chi connectivity index (χ2n) is 1.19. The highest BCUT2D eigenvalue weighted by Gasteiger charge is 1.72. The zero-order valence-electron chi connectivity index (χ0n) is 4.92. The summed E-state index contributed by atoms with van der Waals surface area (Å²) in [6.45, 7) is 0.668. The minimum atomic E-state index is 0.668. The molecule has 0 unspecified atom stereocenters. The molecule has 0 aliphatic heterocycles. The number of ether oxygens (including phenoxy) is 1. The van der Waals surface area contributed by atoms with Crippen molar-refractivity contribution < 1.29 is 4.74 Å². The second-order valence-corrected chi connectivity index (χ2v) is 1.63. The summed E-state index contributed by atoms with van der Waals surface area (Å²) in [4.78, 5) is 0. The van der Waals surface area contributed by atoms with Gasteiger partial charge in [-0.1, -0.05) is 0 Å². The highest BCUT2D eigenvalue weighted by atomic mass is 32.1. The molecule has 0 aliphatic rings. The molecule has 0 aliphatic carbocycles. The molecule has 0 radical (unpaired) electrons. The lowest BCUT2D eigenvalue weighted by Gasteiger charge is -1.93. The molecule has 0 amide bonds. The van der Waals surface area contributed by atoms with Gasteiger partial charge in [0.05, 0.1) is 12.9 Å². The fourth-order valence-electron chi connectivity index (χ4n) is 0.237. The maximum absolute atomic E-state index is 4.90. The summed E-state index contributed by atoms with van der Waals surface area (Å²) in [6.07, 6.45) is 3.33. The number of hydrogen-bond donors (Lipinski definition) is 2. The number of rotatable bonds is 4. The summed E-state index contributed by atoms with van der Waals surface area (Å²) >= 11 is 3.94. The Balaban J connectivity index is 2.80. The average molecular weight is 133 g/mol. The highest BCUT2D eigenvalue weighted by molar-refractivity contribution is 7.80. The van der Waals surface area contributed by atoms with Crippen molar-refractivity contribution in [1.29, 1.82) is 0 Å². The van der Waals surface area contributed by atoms with Gasteiger partial charge in [-0.25, -0.2) is 0 Å². The molecule has 0 saturated heterocycles. The molecule has 0 atom stereocenters. The maximum Gasteiger partial charge on any atom is 0.0985 e. The van der Waals surface area contributed by atoms with E-state index in [4.69, 9.17) is 4.74 Å². The van der Waals surface area contributed by atoms with E-state index >= 15 is 0 Å².